The SMILES string of the molecule is C[C@H](CO)N1C(=O)[C@@H]2[C@@H]3C(=O)N(Cc4ccccc4)CC=C[C@]3(C)S[C@@]23C=CCN(c2ccc(Cl)cc2)C(=O)C13. The average molecular weight is 578 g/mol. The van der Waals surface area contributed by atoms with Crippen molar-refractivity contribution in [1.82, 2.24) is 9.80 Å². The number of carbonyl (C=O) groups excluding carboxylic acids is 3. The minimum atomic E-state index is -0.964. The van der Waals surface area contributed by atoms with Crippen molar-refractivity contribution in [3.8, 4) is 0 Å². The largest absolute Gasteiger partial charge is 0.394 e. The lowest BCUT2D eigenvalue weighted by Crippen LogP contribution is -2.56. The van der Waals surface area contributed by atoms with Crippen LogP contribution in [0.5, 0.6) is 0 Å². The van der Waals surface area contributed by atoms with Crippen LogP contribution >= 0.6 is 23.4 Å². The van der Waals surface area contributed by atoms with Crippen molar-refractivity contribution in [3.05, 3.63) is 89.5 Å². The van der Waals surface area contributed by atoms with Crippen molar-refractivity contribution < 1.29 is 19.5 Å². The zero-order valence-electron chi connectivity index (χ0n) is 22.4. The second kappa shape index (κ2) is 10.1. The molecule has 9 heteroatoms. The molecule has 1 spiro atoms. The standard InChI is InChI=1S/C31H32ClN3O4S/c1-20(19-36)35-26-29(39)34(23-12-10-22(32)11-13-23)17-7-15-31(26)25(28(35)38)24-27(37)33(16-6-14-30(24,2)40-31)18-21-8-4-3-5-9-21/h3-15,20,24-26,36H,16-19H2,1-2H3/t20-,24-,25+,26?,30+,31+/m1/s1. The number of hydrogen-bond acceptors (Lipinski definition) is 5. The number of benzene rings is 2. The third-order valence-corrected chi connectivity index (χ3v) is 10.7. The van der Waals surface area contributed by atoms with E-state index in [1.807, 2.05) is 60.4 Å². The van der Waals surface area contributed by atoms with Crippen LogP contribution in [-0.4, -0.2) is 73.9 Å². The maximum Gasteiger partial charge on any atom is 0.251 e. The molecular weight excluding hydrogens is 546 g/mol. The van der Waals surface area contributed by atoms with Crippen LogP contribution in [0, 0.1) is 11.8 Å². The van der Waals surface area contributed by atoms with Gasteiger partial charge >= 0.3 is 0 Å². The number of nitrogens with zero attached hydrogens (tertiary/aromatic N) is 3. The van der Waals surface area contributed by atoms with Crippen LogP contribution in [0.3, 0.4) is 0 Å². The minimum Gasteiger partial charge on any atom is -0.394 e. The number of aliphatic hydroxyl groups excluding tert-OH is 1. The number of fused-ring (bicyclic) bond motifs is 2. The van der Waals surface area contributed by atoms with Crippen molar-refractivity contribution in [2.24, 2.45) is 11.8 Å². The Kier molecular flexibility index (Phi) is 6.84. The maximum atomic E-state index is 14.4. The van der Waals surface area contributed by atoms with E-state index in [1.165, 1.54) is 0 Å². The van der Waals surface area contributed by atoms with Crippen LogP contribution in [0.2, 0.25) is 5.02 Å². The number of amides is 3. The molecule has 0 radical (unpaired) electrons. The molecule has 1 unspecified atom stereocenters. The first-order valence-corrected chi connectivity index (χ1v) is 14.8. The Balaban J connectivity index is 1.44. The average Bonchev–Trinajstić information content (AvgIpc) is 3.23. The van der Waals surface area contributed by atoms with Crippen LogP contribution in [-0.2, 0) is 20.9 Å². The van der Waals surface area contributed by atoms with E-state index < -0.39 is 33.4 Å². The van der Waals surface area contributed by atoms with E-state index >= 15 is 0 Å². The van der Waals surface area contributed by atoms with Crippen molar-refractivity contribution in [2.75, 3.05) is 24.6 Å². The Morgan fingerprint density at radius 3 is 2.35 bits per heavy atom. The Bertz CT molecular complexity index is 1400. The van der Waals surface area contributed by atoms with Gasteiger partial charge in [-0.25, -0.2) is 0 Å². The molecule has 208 valence electrons. The van der Waals surface area contributed by atoms with Crippen LogP contribution < -0.4 is 4.90 Å². The number of aliphatic hydroxyl groups is 1. The first-order valence-electron chi connectivity index (χ1n) is 13.6. The van der Waals surface area contributed by atoms with Gasteiger partial charge < -0.3 is 19.8 Å². The summed E-state index contributed by atoms with van der Waals surface area (Å²) in [6.07, 6.45) is 8.01. The monoisotopic (exact) mass is 577 g/mol. The predicted octanol–water partition coefficient (Wildman–Crippen LogP) is 3.91. The molecular formula is C31H32ClN3O4S. The highest BCUT2D eigenvalue weighted by Gasteiger charge is 2.74. The first kappa shape index (κ1) is 27.1. The summed E-state index contributed by atoms with van der Waals surface area (Å²) in [5.41, 5.74) is 1.69. The maximum absolute atomic E-state index is 14.4. The predicted molar refractivity (Wildman–Crippen MR) is 157 cm³/mol. The molecule has 0 saturated carbocycles. The third kappa shape index (κ3) is 4.11. The fourth-order valence-corrected chi connectivity index (χ4v) is 9.14. The van der Waals surface area contributed by atoms with Crippen molar-refractivity contribution in [3.63, 3.8) is 0 Å². The zero-order valence-corrected chi connectivity index (χ0v) is 24.0. The number of thioether (sulfide) groups is 1. The summed E-state index contributed by atoms with van der Waals surface area (Å²) < 4.78 is -1.65. The van der Waals surface area contributed by atoms with Gasteiger partial charge in [0.25, 0.3) is 5.91 Å². The molecule has 40 heavy (non-hydrogen) atoms. The smallest absolute Gasteiger partial charge is 0.251 e. The number of halogens is 1. The van der Waals surface area contributed by atoms with E-state index in [2.05, 4.69) is 6.08 Å². The van der Waals surface area contributed by atoms with Gasteiger partial charge in [0.1, 0.15) is 6.04 Å². The highest BCUT2D eigenvalue weighted by atomic mass is 35.5. The van der Waals surface area contributed by atoms with Gasteiger partial charge in [-0.15, -0.1) is 11.8 Å². The summed E-state index contributed by atoms with van der Waals surface area (Å²) >= 11 is 7.66. The van der Waals surface area contributed by atoms with Crippen molar-refractivity contribution >= 4 is 46.8 Å². The summed E-state index contributed by atoms with van der Waals surface area (Å²) in [4.78, 5) is 48.2. The van der Waals surface area contributed by atoms with Gasteiger partial charge in [-0.05, 0) is 43.7 Å². The molecule has 0 aromatic heterocycles. The molecule has 4 heterocycles. The van der Waals surface area contributed by atoms with Gasteiger partial charge in [-0.1, -0.05) is 66.2 Å². The molecule has 6 rings (SSSR count). The van der Waals surface area contributed by atoms with Gasteiger partial charge in [0.2, 0.25) is 11.8 Å². The lowest BCUT2D eigenvalue weighted by atomic mass is 9.74. The lowest BCUT2D eigenvalue weighted by Gasteiger charge is -2.38. The van der Waals surface area contributed by atoms with Crippen LogP contribution in [0.4, 0.5) is 5.69 Å². The summed E-state index contributed by atoms with van der Waals surface area (Å²) in [7, 11) is 0. The topological polar surface area (TPSA) is 81.2 Å². The summed E-state index contributed by atoms with van der Waals surface area (Å²) in [5, 5.41) is 10.7. The van der Waals surface area contributed by atoms with E-state index in [0.29, 0.717) is 30.3 Å². The van der Waals surface area contributed by atoms with Crippen LogP contribution in [0.1, 0.15) is 19.4 Å². The molecule has 2 saturated heterocycles. The summed E-state index contributed by atoms with van der Waals surface area (Å²) in [5.74, 6) is -1.98. The molecule has 3 amide bonds. The second-order valence-corrected chi connectivity index (χ2v) is 13.4. The van der Waals surface area contributed by atoms with E-state index in [0.717, 1.165) is 5.56 Å². The normalized spacial score (nSPS) is 32.0. The van der Waals surface area contributed by atoms with Crippen LogP contribution in [0.15, 0.2) is 78.9 Å². The molecule has 7 nitrogen and oxygen atoms in total. The van der Waals surface area contributed by atoms with Gasteiger partial charge in [0, 0.05) is 35.1 Å². The quantitative estimate of drug-likeness (QED) is 0.545. The summed E-state index contributed by atoms with van der Waals surface area (Å²) in [6.45, 7) is 4.69. The van der Waals surface area contributed by atoms with E-state index in [-0.39, 0.29) is 24.3 Å². The van der Waals surface area contributed by atoms with E-state index in [9.17, 15) is 19.5 Å². The Morgan fingerprint density at radius 2 is 1.65 bits per heavy atom. The number of rotatable bonds is 5. The Hall–Kier alpha value is -3.07. The van der Waals surface area contributed by atoms with Gasteiger partial charge in [-0.2, -0.15) is 0 Å². The number of anilines is 1. The van der Waals surface area contributed by atoms with Gasteiger partial charge in [0.15, 0.2) is 0 Å². The van der Waals surface area contributed by atoms with Gasteiger partial charge in [-0.3, -0.25) is 14.4 Å². The van der Waals surface area contributed by atoms with E-state index in [4.69, 9.17) is 11.6 Å². The van der Waals surface area contributed by atoms with Crippen molar-refractivity contribution in [2.45, 2.75) is 42.0 Å². The molecule has 2 aromatic rings. The zero-order chi connectivity index (χ0) is 28.2. The highest BCUT2D eigenvalue weighted by molar-refractivity contribution is 8.02. The number of carbonyl (C=O) groups is 3. The summed E-state index contributed by atoms with van der Waals surface area (Å²) in [6, 6.07) is 15.4. The van der Waals surface area contributed by atoms with Crippen molar-refractivity contribution in [1.29, 1.82) is 0 Å². The number of likely N-dealkylation sites (tertiary alicyclic amines) is 1. The number of hydrogen-bond donors (Lipinski definition) is 1. The molecule has 0 aliphatic carbocycles. The highest BCUT2D eigenvalue weighted by Crippen LogP contribution is 2.65. The van der Waals surface area contributed by atoms with Crippen LogP contribution in [0.25, 0.3) is 0 Å². The molecule has 2 fully saturated rings. The minimum absolute atomic E-state index is 0.0871. The molecule has 2 aromatic carbocycles. The van der Waals surface area contributed by atoms with Gasteiger partial charge in [0.05, 0.1) is 29.2 Å². The molecule has 4 aliphatic heterocycles. The molecule has 4 aliphatic rings. The molecule has 0 bridgehead atoms. The molecule has 1 N–H and O–H groups in total. The molecule has 6 atom stereocenters. The second-order valence-electron chi connectivity index (χ2n) is 11.2. The Labute approximate surface area is 243 Å². The first-order chi connectivity index (χ1) is 19.2. The fourth-order valence-electron chi connectivity index (χ4n) is 6.87. The Morgan fingerprint density at radius 1 is 0.950 bits per heavy atom. The fraction of sp³-hybridized carbons (Fsp3) is 0.387. The lowest BCUT2D eigenvalue weighted by molar-refractivity contribution is -0.145. The van der Waals surface area contributed by atoms with E-state index in [1.54, 1.807) is 52.8 Å². The third-order valence-electron chi connectivity index (χ3n) is 8.67.